The summed E-state index contributed by atoms with van der Waals surface area (Å²) in [6, 6.07) is 1.80. The normalized spacial score (nSPS) is 22.2. The third kappa shape index (κ3) is 4.13. The molecular formula is C19H34O5Si. The Bertz CT molecular complexity index is 542. The van der Waals surface area contributed by atoms with E-state index < -0.39 is 26.3 Å². The molecule has 6 heteroatoms. The number of ether oxygens (including phenoxy) is 2. The highest BCUT2D eigenvalue weighted by molar-refractivity contribution is 6.78. The summed E-state index contributed by atoms with van der Waals surface area (Å²) in [5.41, 5.74) is 2.04. The zero-order valence-electron chi connectivity index (χ0n) is 16.8. The Morgan fingerprint density at radius 1 is 1.12 bits per heavy atom. The molecule has 0 spiro atoms. The van der Waals surface area contributed by atoms with E-state index in [-0.39, 0.29) is 0 Å². The van der Waals surface area contributed by atoms with Crippen LogP contribution in [0.4, 0.5) is 0 Å². The second kappa shape index (κ2) is 7.43. The van der Waals surface area contributed by atoms with E-state index in [9.17, 15) is 5.11 Å². The second-order valence-corrected chi connectivity index (χ2v) is 13.8. The van der Waals surface area contributed by atoms with Gasteiger partial charge in [-0.1, -0.05) is 41.5 Å². The molecule has 0 radical (unpaired) electrons. The van der Waals surface area contributed by atoms with Gasteiger partial charge < -0.3 is 23.4 Å². The molecule has 2 rings (SSSR count). The van der Waals surface area contributed by atoms with Gasteiger partial charge in [-0.05, 0) is 30.5 Å². The van der Waals surface area contributed by atoms with Gasteiger partial charge in [0.2, 0.25) is 0 Å². The molecule has 1 aromatic heterocycles. The highest BCUT2D eigenvalue weighted by Gasteiger charge is 2.48. The molecule has 0 aliphatic carbocycles. The number of hydrogen-bond acceptors (Lipinski definition) is 5. The third-order valence-corrected chi connectivity index (χ3v) is 11.3. The first-order valence-electron chi connectivity index (χ1n) is 9.27. The van der Waals surface area contributed by atoms with Gasteiger partial charge in [0.15, 0.2) is 5.79 Å². The molecule has 1 aliphatic heterocycles. The molecule has 1 N–H and O–H groups in total. The van der Waals surface area contributed by atoms with Crippen molar-refractivity contribution in [2.45, 2.75) is 90.0 Å². The Morgan fingerprint density at radius 2 is 1.68 bits per heavy atom. The van der Waals surface area contributed by atoms with Crippen molar-refractivity contribution in [3.8, 4) is 5.95 Å². The second-order valence-electron chi connectivity index (χ2n) is 8.43. The van der Waals surface area contributed by atoms with Crippen LogP contribution in [0.3, 0.4) is 0 Å². The maximum atomic E-state index is 10.6. The molecule has 1 aliphatic rings. The van der Waals surface area contributed by atoms with Gasteiger partial charge >= 0.3 is 0 Å². The predicted octanol–water partition coefficient (Wildman–Crippen LogP) is 5.02. The van der Waals surface area contributed by atoms with Crippen molar-refractivity contribution in [1.29, 1.82) is 0 Å². The summed E-state index contributed by atoms with van der Waals surface area (Å²) in [5.74, 6) is -0.168. The first-order valence-corrected chi connectivity index (χ1v) is 11.4. The van der Waals surface area contributed by atoms with Gasteiger partial charge in [-0.3, -0.25) is 0 Å². The van der Waals surface area contributed by atoms with Gasteiger partial charge in [0.1, 0.15) is 18.5 Å². The van der Waals surface area contributed by atoms with Crippen molar-refractivity contribution >= 4 is 8.32 Å². The van der Waals surface area contributed by atoms with Crippen LogP contribution in [0.1, 0.15) is 67.1 Å². The first-order chi connectivity index (χ1) is 11.5. The van der Waals surface area contributed by atoms with E-state index in [2.05, 4.69) is 41.5 Å². The van der Waals surface area contributed by atoms with Crippen molar-refractivity contribution in [3.63, 3.8) is 0 Å². The van der Waals surface area contributed by atoms with E-state index in [1.165, 1.54) is 0 Å². The monoisotopic (exact) mass is 370 g/mol. The number of hydrogen-bond donors (Lipinski definition) is 1. The quantitative estimate of drug-likeness (QED) is 0.683. The van der Waals surface area contributed by atoms with Crippen molar-refractivity contribution < 1.29 is 23.4 Å². The Kier molecular flexibility index (Phi) is 6.09. The molecule has 0 amide bonds. The van der Waals surface area contributed by atoms with E-state index in [1.807, 2.05) is 13.8 Å². The summed E-state index contributed by atoms with van der Waals surface area (Å²) in [7, 11) is -2.08. The van der Waals surface area contributed by atoms with Crippen LogP contribution in [0.2, 0.25) is 16.6 Å². The Labute approximate surface area is 152 Å². The molecule has 2 heterocycles. The van der Waals surface area contributed by atoms with Gasteiger partial charge in [-0.15, -0.1) is 0 Å². The minimum absolute atomic E-state index is 0.359. The van der Waals surface area contributed by atoms with Crippen LogP contribution in [0.15, 0.2) is 16.7 Å². The number of aliphatic hydroxyl groups is 1. The predicted molar refractivity (Wildman–Crippen MR) is 100 cm³/mol. The maximum absolute atomic E-state index is 10.6. The van der Waals surface area contributed by atoms with Crippen LogP contribution < -0.4 is 4.43 Å². The van der Waals surface area contributed by atoms with E-state index >= 15 is 0 Å². The van der Waals surface area contributed by atoms with Crippen molar-refractivity contribution in [1.82, 2.24) is 0 Å². The molecule has 0 aromatic carbocycles. The largest absolute Gasteiger partial charge is 0.518 e. The zero-order chi connectivity index (χ0) is 19.0. The summed E-state index contributed by atoms with van der Waals surface area (Å²) in [5, 5.41) is 10.6. The SMILES string of the molecule is CC(C)[Si](Oc1cc(C(O)[C@H]2COC(C)(C)O2)co1)(C(C)C)C(C)C. The third-order valence-electron chi connectivity index (χ3n) is 5.30. The number of rotatable bonds is 7. The van der Waals surface area contributed by atoms with Crippen LogP contribution in [0, 0.1) is 0 Å². The smallest absolute Gasteiger partial charge is 0.270 e. The molecule has 2 atom stereocenters. The number of furan rings is 1. The summed E-state index contributed by atoms with van der Waals surface area (Å²) in [6.07, 6.45) is 0.369. The van der Waals surface area contributed by atoms with Gasteiger partial charge in [0, 0.05) is 11.6 Å². The van der Waals surface area contributed by atoms with Crippen molar-refractivity contribution in [2.24, 2.45) is 0 Å². The van der Waals surface area contributed by atoms with E-state index in [4.69, 9.17) is 18.3 Å². The van der Waals surface area contributed by atoms with E-state index in [0.717, 1.165) is 0 Å². The van der Waals surface area contributed by atoms with E-state index in [1.54, 1.807) is 12.3 Å². The number of aliphatic hydroxyl groups excluding tert-OH is 1. The molecule has 1 aromatic rings. The molecule has 0 bridgehead atoms. The summed E-state index contributed by atoms with van der Waals surface area (Å²) in [4.78, 5) is 0. The lowest BCUT2D eigenvalue weighted by Gasteiger charge is -2.41. The fourth-order valence-corrected chi connectivity index (χ4v) is 9.31. The molecule has 0 saturated carbocycles. The molecule has 5 nitrogen and oxygen atoms in total. The average Bonchev–Trinajstić information content (AvgIpc) is 3.09. The van der Waals surface area contributed by atoms with Crippen LogP contribution in [-0.2, 0) is 9.47 Å². The summed E-state index contributed by atoms with van der Waals surface area (Å²) < 4.78 is 23.5. The zero-order valence-corrected chi connectivity index (χ0v) is 17.8. The highest BCUT2D eigenvalue weighted by Crippen LogP contribution is 2.43. The molecule has 25 heavy (non-hydrogen) atoms. The Morgan fingerprint density at radius 3 is 2.12 bits per heavy atom. The van der Waals surface area contributed by atoms with Crippen LogP contribution in [-0.4, -0.2) is 31.9 Å². The fraction of sp³-hybridized carbons (Fsp3) is 0.789. The van der Waals surface area contributed by atoms with Gasteiger partial charge in [-0.25, -0.2) is 0 Å². The average molecular weight is 371 g/mol. The van der Waals surface area contributed by atoms with Crippen molar-refractivity contribution in [2.75, 3.05) is 6.61 Å². The molecule has 144 valence electrons. The molecule has 1 fully saturated rings. The highest BCUT2D eigenvalue weighted by atomic mass is 28.4. The Balaban J connectivity index is 2.17. The minimum Gasteiger partial charge on any atom is -0.518 e. The van der Waals surface area contributed by atoms with Gasteiger partial charge in [0.05, 0.1) is 6.61 Å². The van der Waals surface area contributed by atoms with Crippen LogP contribution in [0.25, 0.3) is 0 Å². The lowest BCUT2D eigenvalue weighted by atomic mass is 10.1. The molecule has 1 unspecified atom stereocenters. The lowest BCUT2D eigenvalue weighted by molar-refractivity contribution is -0.151. The lowest BCUT2D eigenvalue weighted by Crippen LogP contribution is -2.50. The standard InChI is InChI=1S/C19H34O5Si/c1-12(2)25(13(3)4,14(5)6)24-17-9-15(10-21-17)18(20)16-11-22-19(7,8)23-16/h9-10,12-14,16,18,20H,11H2,1-8H3/t16-,18?/m1/s1. The Hall–Kier alpha value is -0.823. The minimum atomic E-state index is -2.08. The molecular weight excluding hydrogens is 336 g/mol. The van der Waals surface area contributed by atoms with Crippen molar-refractivity contribution in [3.05, 3.63) is 17.9 Å². The van der Waals surface area contributed by atoms with Crippen LogP contribution >= 0.6 is 0 Å². The van der Waals surface area contributed by atoms with Gasteiger partial charge in [-0.2, -0.15) is 0 Å². The van der Waals surface area contributed by atoms with Crippen LogP contribution in [0.5, 0.6) is 5.95 Å². The fourth-order valence-electron chi connectivity index (χ4n) is 4.15. The molecule has 1 saturated heterocycles. The summed E-state index contributed by atoms with van der Waals surface area (Å²) in [6.45, 7) is 17.4. The maximum Gasteiger partial charge on any atom is 0.270 e. The first kappa shape index (κ1) is 20.5. The topological polar surface area (TPSA) is 61.1 Å². The van der Waals surface area contributed by atoms with Gasteiger partial charge in [0.25, 0.3) is 14.3 Å². The van der Waals surface area contributed by atoms with E-state index in [0.29, 0.717) is 34.7 Å². The summed E-state index contributed by atoms with van der Waals surface area (Å²) >= 11 is 0.